The Balaban J connectivity index is 1.45. The van der Waals surface area contributed by atoms with Crippen molar-refractivity contribution in [3.63, 3.8) is 0 Å². The van der Waals surface area contributed by atoms with Crippen LogP contribution in [0.1, 0.15) is 18.4 Å². The molecule has 1 N–H and O–H groups in total. The molecule has 5 heteroatoms. The van der Waals surface area contributed by atoms with Crippen LogP contribution in [0.15, 0.2) is 12.1 Å². The molecule has 1 saturated carbocycles. The van der Waals surface area contributed by atoms with Crippen LogP contribution in [-0.2, 0) is 6.42 Å². The van der Waals surface area contributed by atoms with Crippen molar-refractivity contribution in [1.29, 1.82) is 0 Å². The van der Waals surface area contributed by atoms with Crippen molar-refractivity contribution in [2.75, 3.05) is 45.9 Å². The summed E-state index contributed by atoms with van der Waals surface area (Å²) in [6, 6.07) is 4.02. The number of piperazine rings is 1. The van der Waals surface area contributed by atoms with Crippen molar-refractivity contribution in [3.8, 4) is 11.5 Å². The molecule has 3 aliphatic rings. The molecule has 22 heavy (non-hydrogen) atoms. The highest BCUT2D eigenvalue weighted by molar-refractivity contribution is 6.31. The van der Waals surface area contributed by atoms with Gasteiger partial charge in [0.05, 0.1) is 13.2 Å². The first-order valence-corrected chi connectivity index (χ1v) is 8.63. The van der Waals surface area contributed by atoms with Crippen LogP contribution in [-0.4, -0.2) is 50.8 Å². The van der Waals surface area contributed by atoms with Crippen molar-refractivity contribution >= 4 is 11.6 Å². The number of nitrogens with one attached hydrogen (secondary N) is 1. The highest BCUT2D eigenvalue weighted by Gasteiger charge is 2.46. The summed E-state index contributed by atoms with van der Waals surface area (Å²) in [6.07, 6.45) is 3.38. The van der Waals surface area contributed by atoms with Gasteiger partial charge in [-0.15, -0.1) is 0 Å². The summed E-state index contributed by atoms with van der Waals surface area (Å²) in [4.78, 5) is 2.48. The second-order valence-corrected chi connectivity index (χ2v) is 7.22. The predicted molar refractivity (Wildman–Crippen MR) is 87.1 cm³/mol. The number of hydrogen-bond acceptors (Lipinski definition) is 4. The Bertz CT molecular complexity index is 554. The van der Waals surface area contributed by atoms with Crippen molar-refractivity contribution in [2.24, 2.45) is 5.41 Å². The molecule has 0 aromatic heterocycles. The molecule has 2 fully saturated rings. The lowest BCUT2D eigenvalue weighted by Crippen LogP contribution is -2.44. The van der Waals surface area contributed by atoms with Crippen molar-refractivity contribution in [3.05, 3.63) is 22.7 Å². The van der Waals surface area contributed by atoms with E-state index in [4.69, 9.17) is 21.1 Å². The van der Waals surface area contributed by atoms with E-state index in [1.807, 2.05) is 6.07 Å². The molecule has 1 spiro atoms. The Morgan fingerprint density at radius 2 is 1.77 bits per heavy atom. The molecule has 0 amide bonds. The number of nitrogens with zero attached hydrogens (tertiary/aromatic N) is 1. The summed E-state index contributed by atoms with van der Waals surface area (Å²) in [5.74, 6) is 1.67. The van der Waals surface area contributed by atoms with E-state index in [1.165, 1.54) is 12.8 Å². The predicted octanol–water partition coefficient (Wildman–Crippen LogP) is 2.34. The fraction of sp³-hybridized carbons (Fsp3) is 0.647. The van der Waals surface area contributed by atoms with E-state index in [9.17, 15) is 0 Å². The Kier molecular flexibility index (Phi) is 3.93. The maximum absolute atomic E-state index is 6.45. The fourth-order valence-electron chi connectivity index (χ4n) is 3.18. The molecule has 4 rings (SSSR count). The number of halogens is 1. The summed E-state index contributed by atoms with van der Waals surface area (Å²) in [7, 11) is 0. The van der Waals surface area contributed by atoms with Crippen LogP contribution in [0.25, 0.3) is 0 Å². The van der Waals surface area contributed by atoms with Gasteiger partial charge in [-0.25, -0.2) is 0 Å². The lowest BCUT2D eigenvalue weighted by Gasteiger charge is -2.27. The Morgan fingerprint density at radius 3 is 2.45 bits per heavy atom. The quantitative estimate of drug-likeness (QED) is 0.926. The van der Waals surface area contributed by atoms with Gasteiger partial charge in [-0.05, 0) is 30.9 Å². The summed E-state index contributed by atoms with van der Waals surface area (Å²) < 4.78 is 11.9. The molecule has 0 unspecified atom stereocenters. The average Bonchev–Trinajstić information content (AvgIpc) is 3.34. The minimum absolute atomic E-state index is 0.270. The second-order valence-electron chi connectivity index (χ2n) is 6.81. The smallest absolute Gasteiger partial charge is 0.162 e. The van der Waals surface area contributed by atoms with Gasteiger partial charge in [0.2, 0.25) is 0 Å². The van der Waals surface area contributed by atoms with Crippen molar-refractivity contribution in [1.82, 2.24) is 10.2 Å². The molecule has 2 heterocycles. The van der Waals surface area contributed by atoms with Crippen LogP contribution < -0.4 is 14.8 Å². The summed E-state index contributed by atoms with van der Waals surface area (Å²) in [5, 5.41) is 4.18. The van der Waals surface area contributed by atoms with Gasteiger partial charge in [0.1, 0.15) is 0 Å². The number of benzene rings is 1. The first-order valence-electron chi connectivity index (χ1n) is 8.25. The van der Waals surface area contributed by atoms with E-state index < -0.39 is 0 Å². The largest absolute Gasteiger partial charge is 0.489 e. The minimum Gasteiger partial charge on any atom is -0.489 e. The van der Waals surface area contributed by atoms with Crippen LogP contribution in [0.4, 0.5) is 0 Å². The van der Waals surface area contributed by atoms with Crippen LogP contribution in [0, 0.1) is 5.41 Å². The van der Waals surface area contributed by atoms with Crippen LogP contribution in [0.3, 0.4) is 0 Å². The zero-order valence-corrected chi connectivity index (χ0v) is 13.6. The number of rotatable bonds is 3. The third kappa shape index (κ3) is 3.05. The molecule has 2 aliphatic heterocycles. The normalized spacial score (nSPS) is 23.3. The first-order chi connectivity index (χ1) is 10.7. The monoisotopic (exact) mass is 322 g/mol. The molecule has 120 valence electrons. The third-order valence-electron chi connectivity index (χ3n) is 5.04. The Morgan fingerprint density at radius 1 is 1.09 bits per heavy atom. The van der Waals surface area contributed by atoms with Gasteiger partial charge in [-0.1, -0.05) is 11.6 Å². The molecular formula is C17H23ClN2O2. The molecule has 1 aliphatic carbocycles. The average molecular weight is 323 g/mol. The highest BCUT2D eigenvalue weighted by Crippen LogP contribution is 2.49. The van der Waals surface area contributed by atoms with Gasteiger partial charge < -0.3 is 19.7 Å². The van der Waals surface area contributed by atoms with Gasteiger partial charge >= 0.3 is 0 Å². The van der Waals surface area contributed by atoms with Crippen LogP contribution in [0.5, 0.6) is 11.5 Å². The standard InChI is InChI=1S/C17H23ClN2O2/c18-14-10-16-15(21-11-17(2-3-17)12-22-16)9-13(14)1-6-20-7-4-19-5-8-20/h9-10,19H,1-8,11-12H2. The van der Waals surface area contributed by atoms with E-state index in [0.29, 0.717) is 0 Å². The van der Waals surface area contributed by atoms with Crippen molar-refractivity contribution in [2.45, 2.75) is 19.3 Å². The van der Waals surface area contributed by atoms with E-state index >= 15 is 0 Å². The first kappa shape index (κ1) is 14.6. The van der Waals surface area contributed by atoms with Gasteiger partial charge in [0, 0.05) is 49.2 Å². The number of fused-ring (bicyclic) bond motifs is 1. The maximum Gasteiger partial charge on any atom is 0.162 e. The molecule has 1 saturated heterocycles. The van der Waals surface area contributed by atoms with E-state index in [0.717, 1.165) is 74.4 Å². The summed E-state index contributed by atoms with van der Waals surface area (Å²) >= 11 is 6.45. The molecule has 1 aromatic carbocycles. The zero-order chi connectivity index (χ0) is 15.0. The van der Waals surface area contributed by atoms with Crippen LogP contribution in [0.2, 0.25) is 5.02 Å². The lowest BCUT2D eigenvalue weighted by molar-refractivity contribution is 0.197. The van der Waals surface area contributed by atoms with Gasteiger partial charge in [0.25, 0.3) is 0 Å². The van der Waals surface area contributed by atoms with Crippen LogP contribution >= 0.6 is 11.6 Å². The van der Waals surface area contributed by atoms with E-state index in [2.05, 4.69) is 16.3 Å². The topological polar surface area (TPSA) is 33.7 Å². The van der Waals surface area contributed by atoms with Gasteiger partial charge in [-0.3, -0.25) is 0 Å². The summed E-state index contributed by atoms with van der Waals surface area (Å²) in [5.41, 5.74) is 1.43. The molecule has 0 radical (unpaired) electrons. The molecule has 0 bridgehead atoms. The van der Waals surface area contributed by atoms with Crippen molar-refractivity contribution < 1.29 is 9.47 Å². The SMILES string of the molecule is Clc1cc2c(cc1CCN1CCNCC1)OCC1(CC1)CO2. The number of ether oxygens (including phenoxy) is 2. The summed E-state index contributed by atoms with van der Waals surface area (Å²) in [6.45, 7) is 6.98. The maximum atomic E-state index is 6.45. The Labute approximate surface area is 136 Å². The minimum atomic E-state index is 0.270. The molecular weight excluding hydrogens is 300 g/mol. The highest BCUT2D eigenvalue weighted by atomic mass is 35.5. The molecule has 0 atom stereocenters. The van der Waals surface area contributed by atoms with Gasteiger partial charge in [-0.2, -0.15) is 0 Å². The molecule has 1 aromatic rings. The molecule has 4 nitrogen and oxygen atoms in total. The van der Waals surface area contributed by atoms with Gasteiger partial charge in [0.15, 0.2) is 11.5 Å². The van der Waals surface area contributed by atoms with E-state index in [1.54, 1.807) is 0 Å². The lowest BCUT2D eigenvalue weighted by atomic mass is 10.1. The number of hydrogen-bond donors (Lipinski definition) is 1. The third-order valence-corrected chi connectivity index (χ3v) is 5.40. The van der Waals surface area contributed by atoms with E-state index in [-0.39, 0.29) is 5.41 Å². The second kappa shape index (κ2) is 5.91. The Hall–Kier alpha value is -0.970. The zero-order valence-electron chi connectivity index (χ0n) is 12.9. The fourth-order valence-corrected chi connectivity index (χ4v) is 3.42.